The molecular weight excluding hydrogens is 316 g/mol. The first-order chi connectivity index (χ1) is 12.3. The number of rotatable bonds is 4. The van der Waals surface area contributed by atoms with E-state index in [0.29, 0.717) is 0 Å². The second-order valence-corrected chi connectivity index (χ2v) is 5.57. The summed E-state index contributed by atoms with van der Waals surface area (Å²) in [5.74, 6) is 0.707. The molecule has 0 spiro atoms. The molecular formula is C18H16N6O. The first-order valence-corrected chi connectivity index (χ1v) is 7.87. The molecule has 1 N–H and O–H groups in total. The molecule has 0 aliphatic carbocycles. The summed E-state index contributed by atoms with van der Waals surface area (Å²) in [7, 11) is 1.61. The largest absolute Gasteiger partial charge is 0.358 e. The lowest BCUT2D eigenvalue weighted by atomic mass is 10.1. The number of carbonyl (C=O) groups is 1. The zero-order chi connectivity index (χ0) is 17.2. The first-order valence-electron chi connectivity index (χ1n) is 7.87. The fourth-order valence-corrected chi connectivity index (χ4v) is 2.80. The molecule has 0 aliphatic heterocycles. The second kappa shape index (κ2) is 6.20. The lowest BCUT2D eigenvalue weighted by Crippen LogP contribution is -2.23. The molecule has 4 aromatic rings. The van der Waals surface area contributed by atoms with Gasteiger partial charge in [-0.1, -0.05) is 18.2 Å². The summed E-state index contributed by atoms with van der Waals surface area (Å²) in [5.41, 5.74) is 2.76. The van der Waals surface area contributed by atoms with Crippen molar-refractivity contribution >= 4 is 16.8 Å². The van der Waals surface area contributed by atoms with Gasteiger partial charge in [0.1, 0.15) is 12.4 Å². The number of hydrogen-bond donors (Lipinski definition) is 1. The van der Waals surface area contributed by atoms with Gasteiger partial charge in [-0.05, 0) is 12.1 Å². The number of hydrogen-bond acceptors (Lipinski definition) is 4. The van der Waals surface area contributed by atoms with Crippen molar-refractivity contribution in [2.24, 2.45) is 0 Å². The van der Waals surface area contributed by atoms with Crippen LogP contribution < -0.4 is 5.32 Å². The minimum Gasteiger partial charge on any atom is -0.358 e. The van der Waals surface area contributed by atoms with Gasteiger partial charge in [-0.3, -0.25) is 19.0 Å². The van der Waals surface area contributed by atoms with Crippen molar-refractivity contribution in [1.29, 1.82) is 0 Å². The van der Waals surface area contributed by atoms with Gasteiger partial charge in [0, 0.05) is 42.8 Å². The van der Waals surface area contributed by atoms with Crippen molar-refractivity contribution in [1.82, 2.24) is 29.6 Å². The number of benzene rings is 1. The number of fused-ring (bicyclic) bond motifs is 1. The monoisotopic (exact) mass is 332 g/mol. The summed E-state index contributed by atoms with van der Waals surface area (Å²) in [6.45, 7) is 0.179. The Morgan fingerprint density at radius 3 is 2.96 bits per heavy atom. The Balaban J connectivity index is 1.77. The van der Waals surface area contributed by atoms with Gasteiger partial charge in [0.15, 0.2) is 0 Å². The van der Waals surface area contributed by atoms with E-state index >= 15 is 0 Å². The molecule has 0 fully saturated rings. The average Bonchev–Trinajstić information content (AvgIpc) is 3.30. The zero-order valence-corrected chi connectivity index (χ0v) is 13.6. The Labute approximate surface area is 143 Å². The van der Waals surface area contributed by atoms with Crippen molar-refractivity contribution in [2.45, 2.75) is 6.54 Å². The molecule has 0 radical (unpaired) electrons. The standard InChI is InChI=1S/C18H16N6O/c1-19-17(25)12-23-11-13(10-22-23)24-9-8-21-18(24)15-4-2-6-16-14(15)5-3-7-20-16/h2-11H,12H2,1H3,(H,19,25). The Hall–Kier alpha value is -3.48. The van der Waals surface area contributed by atoms with Crippen LogP contribution in [-0.2, 0) is 11.3 Å². The topological polar surface area (TPSA) is 77.6 Å². The highest BCUT2D eigenvalue weighted by atomic mass is 16.1. The van der Waals surface area contributed by atoms with Crippen LogP contribution in [0.1, 0.15) is 0 Å². The third-order valence-corrected chi connectivity index (χ3v) is 4.01. The third-order valence-electron chi connectivity index (χ3n) is 4.01. The maximum absolute atomic E-state index is 11.5. The van der Waals surface area contributed by atoms with Gasteiger partial charge in [-0.2, -0.15) is 5.10 Å². The van der Waals surface area contributed by atoms with E-state index in [-0.39, 0.29) is 12.5 Å². The Morgan fingerprint density at radius 2 is 2.08 bits per heavy atom. The van der Waals surface area contributed by atoms with E-state index < -0.39 is 0 Å². The van der Waals surface area contributed by atoms with E-state index in [0.717, 1.165) is 28.0 Å². The molecule has 3 heterocycles. The molecule has 0 unspecified atom stereocenters. The summed E-state index contributed by atoms with van der Waals surface area (Å²) >= 11 is 0. The first kappa shape index (κ1) is 15.1. The minimum atomic E-state index is -0.0966. The summed E-state index contributed by atoms with van der Waals surface area (Å²) in [6, 6.07) is 9.93. The predicted molar refractivity (Wildman–Crippen MR) is 94.2 cm³/mol. The van der Waals surface area contributed by atoms with Crippen LogP contribution in [0.25, 0.3) is 28.0 Å². The second-order valence-electron chi connectivity index (χ2n) is 5.57. The molecule has 1 aromatic carbocycles. The minimum absolute atomic E-state index is 0.0966. The molecule has 0 atom stereocenters. The molecule has 0 aliphatic rings. The number of pyridine rings is 1. The van der Waals surface area contributed by atoms with Crippen molar-refractivity contribution in [3.63, 3.8) is 0 Å². The summed E-state index contributed by atoms with van der Waals surface area (Å²) < 4.78 is 3.55. The quantitative estimate of drug-likeness (QED) is 0.620. The normalized spacial score (nSPS) is 10.9. The summed E-state index contributed by atoms with van der Waals surface area (Å²) in [6.07, 6.45) is 8.95. The molecule has 0 saturated heterocycles. The van der Waals surface area contributed by atoms with Crippen LogP contribution in [0.4, 0.5) is 0 Å². The van der Waals surface area contributed by atoms with Crippen LogP contribution in [0.3, 0.4) is 0 Å². The fraction of sp³-hybridized carbons (Fsp3) is 0.111. The molecule has 1 amide bonds. The van der Waals surface area contributed by atoms with Crippen LogP contribution in [0.2, 0.25) is 0 Å². The van der Waals surface area contributed by atoms with Gasteiger partial charge >= 0.3 is 0 Å². The van der Waals surface area contributed by atoms with Crippen LogP contribution in [0.15, 0.2) is 61.3 Å². The number of imidazole rings is 1. The zero-order valence-electron chi connectivity index (χ0n) is 13.6. The predicted octanol–water partition coefficient (Wildman–Crippen LogP) is 2.03. The highest BCUT2D eigenvalue weighted by Crippen LogP contribution is 2.28. The number of likely N-dealkylation sites (N-methyl/N-ethyl adjacent to an activating group) is 1. The molecule has 7 heteroatoms. The summed E-state index contributed by atoms with van der Waals surface area (Å²) in [4.78, 5) is 20.4. The Bertz CT molecular complexity index is 1040. The third kappa shape index (κ3) is 2.76. The number of aromatic nitrogens is 5. The SMILES string of the molecule is CNC(=O)Cn1cc(-n2ccnc2-c2cccc3ncccc23)cn1. The molecule has 3 aromatic heterocycles. The number of nitrogens with one attached hydrogen (secondary N) is 1. The van der Waals surface area contributed by atoms with Gasteiger partial charge < -0.3 is 5.32 Å². The van der Waals surface area contributed by atoms with Gasteiger partial charge in [0.25, 0.3) is 0 Å². The van der Waals surface area contributed by atoms with Crippen molar-refractivity contribution < 1.29 is 4.79 Å². The molecule has 4 rings (SSSR count). The van der Waals surface area contributed by atoms with Crippen LogP contribution >= 0.6 is 0 Å². The lowest BCUT2D eigenvalue weighted by Gasteiger charge is -2.08. The number of carbonyl (C=O) groups excluding carboxylic acids is 1. The maximum Gasteiger partial charge on any atom is 0.241 e. The highest BCUT2D eigenvalue weighted by molar-refractivity contribution is 5.93. The van der Waals surface area contributed by atoms with E-state index in [1.54, 1.807) is 30.3 Å². The Morgan fingerprint density at radius 1 is 1.16 bits per heavy atom. The van der Waals surface area contributed by atoms with Crippen LogP contribution in [0, 0.1) is 0 Å². The highest BCUT2D eigenvalue weighted by Gasteiger charge is 2.13. The average molecular weight is 332 g/mol. The van der Waals surface area contributed by atoms with Gasteiger partial charge in [-0.25, -0.2) is 4.98 Å². The van der Waals surface area contributed by atoms with Crippen molar-refractivity contribution in [3.05, 3.63) is 61.3 Å². The molecule has 0 bridgehead atoms. The van der Waals surface area contributed by atoms with E-state index in [1.807, 2.05) is 47.3 Å². The molecule has 7 nitrogen and oxygen atoms in total. The number of nitrogens with zero attached hydrogens (tertiary/aromatic N) is 5. The maximum atomic E-state index is 11.5. The summed E-state index contributed by atoms with van der Waals surface area (Å²) in [5, 5.41) is 7.88. The van der Waals surface area contributed by atoms with Gasteiger partial charge in [0.05, 0.1) is 17.4 Å². The van der Waals surface area contributed by atoms with E-state index in [9.17, 15) is 4.79 Å². The molecule has 25 heavy (non-hydrogen) atoms. The van der Waals surface area contributed by atoms with Crippen LogP contribution in [0.5, 0.6) is 0 Å². The van der Waals surface area contributed by atoms with E-state index in [2.05, 4.69) is 20.4 Å². The molecule has 0 saturated carbocycles. The van der Waals surface area contributed by atoms with Crippen molar-refractivity contribution in [3.8, 4) is 17.1 Å². The lowest BCUT2D eigenvalue weighted by molar-refractivity contribution is -0.121. The van der Waals surface area contributed by atoms with Crippen molar-refractivity contribution in [2.75, 3.05) is 7.05 Å². The Kier molecular flexibility index (Phi) is 3.74. The van der Waals surface area contributed by atoms with Gasteiger partial charge in [-0.15, -0.1) is 0 Å². The molecule has 124 valence electrons. The van der Waals surface area contributed by atoms with E-state index in [1.165, 1.54) is 0 Å². The van der Waals surface area contributed by atoms with Crippen LogP contribution in [-0.4, -0.2) is 37.3 Å². The smallest absolute Gasteiger partial charge is 0.241 e. The number of amides is 1. The van der Waals surface area contributed by atoms with Gasteiger partial charge in [0.2, 0.25) is 5.91 Å². The fourth-order valence-electron chi connectivity index (χ4n) is 2.80. The van der Waals surface area contributed by atoms with E-state index in [4.69, 9.17) is 0 Å².